The molecule has 0 spiro atoms. The van der Waals surface area contributed by atoms with Crippen molar-refractivity contribution < 1.29 is 9.57 Å². The fourth-order valence-corrected chi connectivity index (χ4v) is 0.255. The molecule has 0 rings (SSSR count). The van der Waals surface area contributed by atoms with Crippen LogP contribution in [0.4, 0.5) is 0 Å². The first-order valence-electron chi connectivity index (χ1n) is 3.74. The van der Waals surface area contributed by atoms with Crippen molar-refractivity contribution in [3.05, 3.63) is 0 Å². The minimum absolute atomic E-state index is 0. The molecule has 0 bridgehead atoms. The van der Waals surface area contributed by atoms with Gasteiger partial charge in [-0.3, -0.25) is 4.84 Å². The Morgan fingerprint density at radius 2 is 1.56 bits per heavy atom. The number of rotatable bonds is 6. The molecule has 0 saturated carbocycles. The van der Waals surface area contributed by atoms with Gasteiger partial charge in [0.2, 0.25) is 0 Å². The Morgan fingerprint density at radius 3 is 1.89 bits per heavy atom. The van der Waals surface area contributed by atoms with E-state index in [9.17, 15) is 0 Å². The summed E-state index contributed by atoms with van der Waals surface area (Å²) in [5.74, 6) is 4.52. The maximum absolute atomic E-state index is 6.07. The van der Waals surface area contributed by atoms with Gasteiger partial charge in [0.15, 0.2) is 6.79 Å². The summed E-state index contributed by atoms with van der Waals surface area (Å²) >= 11 is 0. The Morgan fingerprint density at radius 1 is 1.06 bits per heavy atom. The van der Waals surface area contributed by atoms with Gasteiger partial charge in [0.05, 0.1) is 0 Å². The van der Waals surface area contributed by atoms with Crippen molar-refractivity contribution >= 4 is 0 Å². The molecule has 0 unspecified atom stereocenters. The highest BCUT2D eigenvalue weighted by molar-refractivity contribution is 4.05. The van der Waals surface area contributed by atoms with Gasteiger partial charge in [0.25, 0.3) is 0 Å². The number of hydrogen-bond donors (Lipinski definition) is 2. The number of nitrogens with one attached hydrogen (secondary N) is 1. The van der Waals surface area contributed by atoms with Gasteiger partial charge in [-0.05, 0) is 31.3 Å². The fourth-order valence-electron chi connectivity index (χ4n) is 0.255. The third-order valence-electron chi connectivity index (χ3n) is 0.685. The van der Waals surface area contributed by atoms with Gasteiger partial charge in [-0.15, -0.1) is 0 Å². The largest absolute Gasteiger partial charge is 0.357 e. The first-order chi connectivity index (χ1) is 7.68. The average molecular weight is 266 g/mol. The lowest BCUT2D eigenvalue weighted by molar-refractivity contribution is -0.189. The van der Waals surface area contributed by atoms with Gasteiger partial charge in [-0.1, -0.05) is 20.1 Å². The first kappa shape index (κ1) is 25.1. The Hall–Kier alpha value is -1.92. The molecule has 0 aliphatic rings. The summed E-state index contributed by atoms with van der Waals surface area (Å²) in [6.07, 6.45) is 0. The second kappa shape index (κ2) is 24.4. The number of nitrogens with two attached hydrogens (primary N) is 1. The topological polar surface area (TPSA) is 158 Å². The molecule has 0 fully saturated rings. The molecule has 18 heavy (non-hydrogen) atoms. The molecule has 12 heteroatoms. The van der Waals surface area contributed by atoms with Crippen LogP contribution in [-0.4, -0.2) is 33.1 Å². The molecule has 0 aliphatic carbocycles. The zero-order valence-corrected chi connectivity index (χ0v) is 9.18. The normalized spacial score (nSPS) is 10.0. The smallest absolute Gasteiger partial charge is 0.166 e. The molecule has 0 aromatic carbocycles. The van der Waals surface area contributed by atoms with Crippen LogP contribution < -0.4 is 5.84 Å². The van der Waals surface area contributed by atoms with E-state index in [2.05, 4.69) is 47.1 Å². The van der Waals surface area contributed by atoms with Crippen molar-refractivity contribution in [3.8, 4) is 0 Å². The third kappa shape index (κ3) is 36.9. The van der Waals surface area contributed by atoms with Crippen molar-refractivity contribution in [3.63, 3.8) is 0 Å². The SMILES string of the molecule is C.C.COCON(C)C.N=N/N=N/N=N/N=N/N. The van der Waals surface area contributed by atoms with Crippen molar-refractivity contribution in [1.82, 2.24) is 5.06 Å². The Balaban J connectivity index is -0.000000100. The van der Waals surface area contributed by atoms with Crippen LogP contribution in [0.5, 0.6) is 0 Å². The maximum Gasteiger partial charge on any atom is 0.166 e. The van der Waals surface area contributed by atoms with E-state index in [-0.39, 0.29) is 14.9 Å². The van der Waals surface area contributed by atoms with E-state index in [4.69, 9.17) is 10.4 Å². The van der Waals surface area contributed by atoms with Crippen molar-refractivity contribution in [2.24, 2.45) is 42.4 Å². The summed E-state index contributed by atoms with van der Waals surface area (Å²) in [5, 5.41) is 21.0. The van der Waals surface area contributed by atoms with Crippen LogP contribution >= 0.6 is 0 Å². The van der Waals surface area contributed by atoms with E-state index in [1.807, 2.05) is 0 Å². The molecule has 0 aromatic heterocycles. The van der Waals surface area contributed by atoms with Gasteiger partial charge >= 0.3 is 0 Å². The molecule has 0 amide bonds. The number of ether oxygens (including phenoxy) is 1. The lowest BCUT2D eigenvalue weighted by Gasteiger charge is -2.07. The lowest BCUT2D eigenvalue weighted by Crippen LogP contribution is -2.13. The lowest BCUT2D eigenvalue weighted by atomic mass is 11.2. The zero-order chi connectivity index (χ0) is 12.6. The number of hydrogen-bond acceptors (Lipinski definition) is 5. The van der Waals surface area contributed by atoms with Gasteiger partial charge in [-0.25, -0.2) is 0 Å². The molecule has 0 heterocycles. The molecule has 0 aliphatic heterocycles. The van der Waals surface area contributed by atoms with Crippen molar-refractivity contribution in [2.45, 2.75) is 14.9 Å². The summed E-state index contributed by atoms with van der Waals surface area (Å²) in [6, 6.07) is 0. The number of methoxy groups -OCH3 is 1. The summed E-state index contributed by atoms with van der Waals surface area (Å²) < 4.78 is 4.59. The molecule has 3 N–H and O–H groups in total. The van der Waals surface area contributed by atoms with Crippen molar-refractivity contribution in [1.29, 1.82) is 5.53 Å². The Labute approximate surface area is 106 Å². The molecule has 0 atom stereocenters. The first-order valence-corrected chi connectivity index (χ1v) is 3.74. The van der Waals surface area contributed by atoms with E-state index in [1.165, 1.54) is 0 Å². The van der Waals surface area contributed by atoms with E-state index >= 15 is 0 Å². The molecular weight excluding hydrogens is 244 g/mol. The predicted molar refractivity (Wildman–Crippen MR) is 64.0 cm³/mol. The van der Waals surface area contributed by atoms with Crippen LogP contribution in [0.2, 0.25) is 0 Å². The van der Waals surface area contributed by atoms with Gasteiger partial charge < -0.3 is 10.6 Å². The highest BCUT2D eigenvalue weighted by Gasteiger charge is 1.82. The second-order valence-corrected chi connectivity index (χ2v) is 2.01. The van der Waals surface area contributed by atoms with Crippen LogP contribution in [0.25, 0.3) is 0 Å². The third-order valence-corrected chi connectivity index (χ3v) is 0.685. The molecule has 0 aromatic rings. The van der Waals surface area contributed by atoms with E-state index in [1.54, 1.807) is 26.3 Å². The second-order valence-electron chi connectivity index (χ2n) is 2.01. The number of nitrogens with zero attached hydrogens (tertiary/aromatic N) is 8. The number of hydroxylamine groups is 2. The summed E-state index contributed by atoms with van der Waals surface area (Å²) in [5.41, 5.74) is 6.07. The predicted octanol–water partition coefficient (Wildman–Crippen LogP) is 2.35. The highest BCUT2D eigenvalue weighted by Crippen LogP contribution is 1.80. The van der Waals surface area contributed by atoms with Crippen LogP contribution in [-0.2, 0) is 9.57 Å². The standard InChI is InChI=1S/C4H11NO2.2CH4.H3N9/c1-5(2)7-4-6-3;;;1-3-5-7-9-8-6-4-2/h4H2,1-3H3;2*1H4;(H3,1,2,5,6,9). The quantitative estimate of drug-likeness (QED) is 0.327. The van der Waals surface area contributed by atoms with E-state index in [0.29, 0.717) is 6.79 Å². The fraction of sp³-hybridized carbons (Fsp3) is 1.00. The summed E-state index contributed by atoms with van der Waals surface area (Å²) in [4.78, 5) is 4.80. The summed E-state index contributed by atoms with van der Waals surface area (Å²) in [7, 11) is 5.20. The monoisotopic (exact) mass is 266 g/mol. The van der Waals surface area contributed by atoms with Crippen LogP contribution in [0.15, 0.2) is 36.6 Å². The van der Waals surface area contributed by atoms with Crippen molar-refractivity contribution in [2.75, 3.05) is 28.0 Å². The minimum Gasteiger partial charge on any atom is -0.357 e. The highest BCUT2D eigenvalue weighted by atomic mass is 16.8. The van der Waals surface area contributed by atoms with E-state index in [0.717, 1.165) is 0 Å². The molecule has 12 nitrogen and oxygen atoms in total. The molecular formula is C6H22N10O2. The van der Waals surface area contributed by atoms with Gasteiger partial charge in [0.1, 0.15) is 0 Å². The van der Waals surface area contributed by atoms with Crippen LogP contribution in [0, 0.1) is 5.53 Å². The summed E-state index contributed by atoms with van der Waals surface area (Å²) in [6.45, 7) is 0.326. The van der Waals surface area contributed by atoms with Gasteiger partial charge in [0, 0.05) is 21.2 Å². The Kier molecular flexibility index (Phi) is 33.9. The molecule has 0 radical (unpaired) electrons. The average Bonchev–Trinajstić information content (AvgIpc) is 2.27. The van der Waals surface area contributed by atoms with Crippen LogP contribution in [0.1, 0.15) is 14.9 Å². The molecule has 108 valence electrons. The maximum atomic E-state index is 6.07. The Bertz CT molecular complexity index is 228. The van der Waals surface area contributed by atoms with Crippen LogP contribution in [0.3, 0.4) is 0 Å². The molecule has 0 saturated heterocycles. The van der Waals surface area contributed by atoms with E-state index < -0.39 is 0 Å². The van der Waals surface area contributed by atoms with Gasteiger partial charge in [-0.2, -0.15) is 10.6 Å². The zero-order valence-electron chi connectivity index (χ0n) is 9.18. The minimum atomic E-state index is 0.